The van der Waals surface area contributed by atoms with Gasteiger partial charge in [0.15, 0.2) is 9.84 Å². The summed E-state index contributed by atoms with van der Waals surface area (Å²) < 4.78 is 64.0. The molecule has 5 aromatic carbocycles. The number of piperidine rings is 1. The summed E-state index contributed by atoms with van der Waals surface area (Å²) in [6.45, 7) is 11.8. The standard InChI is InChI=1S/C57H68ClN5O9P2S2/c1-40(2)63-41(3)54(57(64)65)55(56(63)44-13-16-47(58)17-14-44)46-9-8-10-50(36-46)61-31-29-60(30-32-61)48-18-20-49(21-19-48)62-33-34-72-74(62,69)51-22-15-45(53(37-51)76(4,70)71)35-43(39-75-52-11-6-5-7-12-52)25-28-59-26-23-42(24-27-59)38-73(66,67)68/h5-22,36-37,40,42-43H,23-35,38-39H2,1-4H3,(H,64,65)(H2,66,67,68)/t43-,74+/m0/s1. The normalized spacial score (nSPS) is 18.4. The highest BCUT2D eigenvalue weighted by Gasteiger charge is 2.41. The zero-order valence-corrected chi connectivity index (χ0v) is 47.7. The zero-order valence-electron chi connectivity index (χ0n) is 43.5. The van der Waals surface area contributed by atoms with E-state index in [1.54, 1.807) is 28.6 Å². The maximum absolute atomic E-state index is 15.1. The molecule has 6 aromatic rings. The third-order valence-electron chi connectivity index (χ3n) is 15.0. The van der Waals surface area contributed by atoms with Gasteiger partial charge in [-0.2, -0.15) is 0 Å². The number of hydrogen-bond acceptors (Lipinski definition) is 10. The summed E-state index contributed by atoms with van der Waals surface area (Å²) in [5.41, 5.74) is 7.64. The zero-order chi connectivity index (χ0) is 53.9. The van der Waals surface area contributed by atoms with Crippen molar-refractivity contribution in [2.45, 2.75) is 62.3 Å². The van der Waals surface area contributed by atoms with Crippen LogP contribution in [-0.4, -0.2) is 116 Å². The summed E-state index contributed by atoms with van der Waals surface area (Å²) >= 11 is 8.03. The molecule has 4 heterocycles. The SMILES string of the molecule is Cc1c(C(=O)O)c(-c2cccc(N3CCN(c4ccc(N5CCO[P@]5(=O)c5ccc(C[C@H](CCN6CCC(CP(=O)(O)O)CC6)CSc6ccccc6)c(S(C)(=O)=O)c5)cc4)CC3)c2)c(-c2ccc(Cl)cc2)n1C(C)C. The molecule has 0 radical (unpaired) electrons. The minimum absolute atomic E-state index is 0.00457. The van der Waals surface area contributed by atoms with Gasteiger partial charge in [0.1, 0.15) is 0 Å². The molecule has 0 aliphatic carbocycles. The van der Waals surface area contributed by atoms with Crippen LogP contribution in [0.15, 0.2) is 131 Å². The van der Waals surface area contributed by atoms with Crippen LogP contribution in [0.4, 0.5) is 17.1 Å². The fourth-order valence-electron chi connectivity index (χ4n) is 11.3. The number of aromatic nitrogens is 1. The van der Waals surface area contributed by atoms with E-state index < -0.39 is 30.9 Å². The molecule has 0 bridgehead atoms. The molecule has 3 fully saturated rings. The fourth-order valence-corrected chi connectivity index (χ4v) is 16.8. The highest BCUT2D eigenvalue weighted by Crippen LogP contribution is 2.56. The summed E-state index contributed by atoms with van der Waals surface area (Å²) in [6, 6.07) is 39.0. The first-order chi connectivity index (χ1) is 36.3. The number of piperazine rings is 1. The molecular weight excluding hydrogens is 1060 g/mol. The van der Waals surface area contributed by atoms with Crippen molar-refractivity contribution in [3.8, 4) is 22.4 Å². The molecule has 3 N–H and O–H groups in total. The predicted octanol–water partition coefficient (Wildman–Crippen LogP) is 11.4. The Bertz CT molecular complexity index is 3230. The molecule has 3 saturated heterocycles. The number of halogens is 1. The van der Waals surface area contributed by atoms with Gasteiger partial charge in [-0.15, -0.1) is 11.8 Å². The van der Waals surface area contributed by atoms with Gasteiger partial charge in [-0.3, -0.25) is 13.8 Å². The second-order valence-electron chi connectivity index (χ2n) is 20.7. The topological polar surface area (TPSA) is 173 Å². The van der Waals surface area contributed by atoms with Crippen LogP contribution in [0.2, 0.25) is 5.02 Å². The van der Waals surface area contributed by atoms with Gasteiger partial charge < -0.3 is 38.7 Å². The fraction of sp³-hybridized carbons (Fsp3) is 0.386. The minimum Gasteiger partial charge on any atom is -0.478 e. The molecule has 0 unspecified atom stereocenters. The van der Waals surface area contributed by atoms with Crippen LogP contribution < -0.4 is 19.8 Å². The van der Waals surface area contributed by atoms with Crippen molar-refractivity contribution in [2.24, 2.45) is 11.8 Å². The average molecular weight is 1130 g/mol. The third-order valence-corrected chi connectivity index (χ3v) is 21.2. The van der Waals surface area contributed by atoms with Crippen molar-refractivity contribution in [1.82, 2.24) is 9.47 Å². The molecule has 1 aromatic heterocycles. The van der Waals surface area contributed by atoms with E-state index in [0.717, 1.165) is 104 Å². The lowest BCUT2D eigenvalue weighted by Crippen LogP contribution is -2.46. The van der Waals surface area contributed by atoms with E-state index in [0.29, 0.717) is 45.8 Å². The Morgan fingerprint density at radius 2 is 1.47 bits per heavy atom. The third kappa shape index (κ3) is 12.8. The molecule has 404 valence electrons. The van der Waals surface area contributed by atoms with E-state index in [-0.39, 0.29) is 41.1 Å². The number of carboxylic acids is 1. The Labute approximate surface area is 456 Å². The number of anilines is 3. The van der Waals surface area contributed by atoms with Crippen molar-refractivity contribution >= 4 is 76.7 Å². The summed E-state index contributed by atoms with van der Waals surface area (Å²) in [5.74, 6) is -0.101. The van der Waals surface area contributed by atoms with E-state index in [4.69, 9.17) is 16.1 Å². The predicted molar refractivity (Wildman–Crippen MR) is 308 cm³/mol. The van der Waals surface area contributed by atoms with Crippen LogP contribution in [0.25, 0.3) is 22.4 Å². The Morgan fingerprint density at radius 1 is 0.816 bits per heavy atom. The molecule has 76 heavy (non-hydrogen) atoms. The smallest absolute Gasteiger partial charge is 0.338 e. The molecule has 3 aliphatic rings. The largest absolute Gasteiger partial charge is 0.478 e. The van der Waals surface area contributed by atoms with Crippen molar-refractivity contribution < 1.29 is 41.8 Å². The molecule has 0 amide bonds. The second kappa shape index (κ2) is 23.6. The number of carbonyl (C=O) groups is 1. The van der Waals surface area contributed by atoms with E-state index >= 15 is 4.57 Å². The van der Waals surface area contributed by atoms with E-state index in [1.165, 1.54) is 6.26 Å². The van der Waals surface area contributed by atoms with Gasteiger partial charge >= 0.3 is 21.1 Å². The van der Waals surface area contributed by atoms with E-state index in [1.807, 2.05) is 91.9 Å². The first-order valence-corrected chi connectivity index (χ1v) is 32.6. The van der Waals surface area contributed by atoms with Crippen LogP contribution >= 0.6 is 38.5 Å². The van der Waals surface area contributed by atoms with Crippen molar-refractivity contribution in [1.29, 1.82) is 0 Å². The highest BCUT2D eigenvalue weighted by atomic mass is 35.5. The van der Waals surface area contributed by atoms with Crippen LogP contribution in [0.5, 0.6) is 0 Å². The minimum atomic E-state index is -4.06. The Kier molecular flexibility index (Phi) is 17.4. The lowest BCUT2D eigenvalue weighted by Gasteiger charge is -2.37. The van der Waals surface area contributed by atoms with Crippen LogP contribution in [0, 0.1) is 18.8 Å². The molecule has 14 nitrogen and oxygen atoms in total. The van der Waals surface area contributed by atoms with E-state index in [9.17, 15) is 32.7 Å². The summed E-state index contributed by atoms with van der Waals surface area (Å²) in [5, 5.41) is 11.5. The first-order valence-electron chi connectivity index (χ1n) is 26.0. The first kappa shape index (κ1) is 55.9. The summed E-state index contributed by atoms with van der Waals surface area (Å²) in [7, 11) is -11.5. The van der Waals surface area contributed by atoms with Crippen molar-refractivity contribution in [3.05, 3.63) is 143 Å². The monoisotopic (exact) mass is 1130 g/mol. The van der Waals surface area contributed by atoms with Crippen molar-refractivity contribution in [3.63, 3.8) is 0 Å². The number of rotatable bonds is 19. The highest BCUT2D eigenvalue weighted by molar-refractivity contribution is 7.99. The lowest BCUT2D eigenvalue weighted by atomic mass is 9.95. The summed E-state index contributed by atoms with van der Waals surface area (Å²) in [6.07, 6.45) is 3.90. The molecule has 0 saturated carbocycles. The molecule has 0 spiro atoms. The van der Waals surface area contributed by atoms with Gasteiger partial charge in [0.05, 0.1) is 40.8 Å². The number of sulfone groups is 1. The number of benzene rings is 5. The quantitative estimate of drug-likeness (QED) is 0.0516. The Morgan fingerprint density at radius 3 is 2.11 bits per heavy atom. The molecule has 9 rings (SSSR count). The van der Waals surface area contributed by atoms with Gasteiger partial charge in [-0.25, -0.2) is 13.2 Å². The molecule has 2 atom stereocenters. The molecular formula is C57H68ClN5O9P2S2. The van der Waals surface area contributed by atoms with Gasteiger partial charge in [0.2, 0.25) is 0 Å². The second-order valence-corrected chi connectivity index (χ2v) is 28.2. The van der Waals surface area contributed by atoms with Gasteiger partial charge in [-0.1, -0.05) is 60.1 Å². The van der Waals surface area contributed by atoms with E-state index in [2.05, 4.69) is 57.4 Å². The van der Waals surface area contributed by atoms with Crippen LogP contribution in [0.3, 0.4) is 0 Å². The van der Waals surface area contributed by atoms with Crippen LogP contribution in [-0.2, 0) is 29.9 Å². The lowest BCUT2D eigenvalue weighted by molar-refractivity contribution is 0.0696. The maximum Gasteiger partial charge on any atom is 0.338 e. The number of aromatic carboxylic acids is 1. The summed E-state index contributed by atoms with van der Waals surface area (Å²) in [4.78, 5) is 40.3. The van der Waals surface area contributed by atoms with Crippen LogP contribution in [0.1, 0.15) is 60.8 Å². The molecule has 19 heteroatoms. The Balaban J connectivity index is 0.885. The Hall–Kier alpha value is -4.86. The number of carboxylic acid groups (broad SMARTS) is 1. The number of thioether (sulfide) groups is 1. The number of likely N-dealkylation sites (tertiary alicyclic amines) is 1. The van der Waals surface area contributed by atoms with Crippen molar-refractivity contribution in [2.75, 3.05) is 91.6 Å². The van der Waals surface area contributed by atoms with Gasteiger partial charge in [0, 0.05) is 82.5 Å². The number of nitrogens with zero attached hydrogens (tertiary/aromatic N) is 5. The molecule has 3 aliphatic heterocycles. The maximum atomic E-state index is 15.1. The van der Waals surface area contributed by atoms with Gasteiger partial charge in [0.25, 0.3) is 0 Å². The number of hydrogen-bond donors (Lipinski definition) is 3. The average Bonchev–Trinajstić information content (AvgIpc) is 3.95. The van der Waals surface area contributed by atoms with Gasteiger partial charge in [-0.05, 0) is 167 Å².